The predicted octanol–water partition coefficient (Wildman–Crippen LogP) is 3.44. The number of likely N-dealkylation sites (tertiary alicyclic amines) is 1. The van der Waals surface area contributed by atoms with Crippen molar-refractivity contribution in [2.75, 3.05) is 30.3 Å². The van der Waals surface area contributed by atoms with Gasteiger partial charge in [0.2, 0.25) is 11.9 Å². The number of carbonyl (C=O) groups excluding carboxylic acids is 1. The largest absolute Gasteiger partial charge is 0.364 e. The third-order valence-corrected chi connectivity index (χ3v) is 5.36. The van der Waals surface area contributed by atoms with Gasteiger partial charge in [-0.15, -0.1) is 0 Å². The number of fused-ring (bicyclic) bond motifs is 1. The third kappa shape index (κ3) is 4.37. The highest BCUT2D eigenvalue weighted by Gasteiger charge is 2.20. The van der Waals surface area contributed by atoms with E-state index in [0.29, 0.717) is 13.0 Å². The van der Waals surface area contributed by atoms with Gasteiger partial charge < -0.3 is 15.5 Å². The molecule has 8 heteroatoms. The van der Waals surface area contributed by atoms with Gasteiger partial charge in [0.25, 0.3) is 0 Å². The summed E-state index contributed by atoms with van der Waals surface area (Å²) in [6.45, 7) is 7.34. The summed E-state index contributed by atoms with van der Waals surface area (Å²) < 4.78 is 2.10. The molecule has 1 saturated heterocycles. The van der Waals surface area contributed by atoms with Crippen LogP contribution in [-0.4, -0.2) is 50.0 Å². The minimum Gasteiger partial charge on any atom is -0.364 e. The summed E-state index contributed by atoms with van der Waals surface area (Å²) in [6, 6.07) is 10.4. The van der Waals surface area contributed by atoms with Gasteiger partial charge in [-0.2, -0.15) is 0 Å². The number of carbonyl (C=O) groups is 1. The van der Waals surface area contributed by atoms with Gasteiger partial charge >= 0.3 is 0 Å². The van der Waals surface area contributed by atoms with Gasteiger partial charge in [-0.1, -0.05) is 30.3 Å². The van der Waals surface area contributed by atoms with Crippen LogP contribution >= 0.6 is 0 Å². The molecule has 2 N–H and O–H groups in total. The molecule has 1 amide bonds. The van der Waals surface area contributed by atoms with Crippen LogP contribution in [0.2, 0.25) is 0 Å². The van der Waals surface area contributed by atoms with Crippen molar-refractivity contribution in [3.63, 3.8) is 0 Å². The number of nitrogens with zero attached hydrogens (tertiary/aromatic N) is 5. The van der Waals surface area contributed by atoms with Crippen LogP contribution in [0.5, 0.6) is 0 Å². The van der Waals surface area contributed by atoms with E-state index in [4.69, 9.17) is 4.98 Å². The molecule has 158 valence electrons. The number of amides is 1. The molecule has 0 spiro atoms. The first kappa shape index (κ1) is 20.1. The number of hydrogen-bond acceptors (Lipinski definition) is 6. The van der Waals surface area contributed by atoms with E-state index >= 15 is 0 Å². The Hall–Kier alpha value is -3.16. The molecule has 3 aromatic rings. The van der Waals surface area contributed by atoms with E-state index in [2.05, 4.69) is 51.1 Å². The highest BCUT2D eigenvalue weighted by molar-refractivity contribution is 5.85. The van der Waals surface area contributed by atoms with Gasteiger partial charge in [0.1, 0.15) is 6.33 Å². The Labute approximate surface area is 176 Å². The van der Waals surface area contributed by atoms with Crippen molar-refractivity contribution in [2.24, 2.45) is 0 Å². The van der Waals surface area contributed by atoms with Gasteiger partial charge in [0.05, 0.1) is 0 Å². The van der Waals surface area contributed by atoms with Crippen molar-refractivity contribution in [2.45, 2.75) is 45.7 Å². The van der Waals surface area contributed by atoms with Crippen molar-refractivity contribution in [3.05, 3.63) is 42.2 Å². The van der Waals surface area contributed by atoms with Gasteiger partial charge in [-0.05, 0) is 32.3 Å². The van der Waals surface area contributed by atoms with Gasteiger partial charge in [-0.25, -0.2) is 15.0 Å². The fraction of sp³-hybridized carbons (Fsp3) is 0.455. The zero-order valence-corrected chi connectivity index (χ0v) is 17.6. The molecule has 0 atom stereocenters. The molecule has 0 bridgehead atoms. The molecule has 8 nitrogen and oxygen atoms in total. The van der Waals surface area contributed by atoms with Crippen LogP contribution < -0.4 is 10.6 Å². The summed E-state index contributed by atoms with van der Waals surface area (Å²) in [4.78, 5) is 27.4. The van der Waals surface area contributed by atoms with E-state index in [1.54, 1.807) is 6.33 Å². The zero-order chi connectivity index (χ0) is 20.9. The molecular weight excluding hydrogens is 378 g/mol. The quantitative estimate of drug-likeness (QED) is 0.528. The first-order valence-corrected chi connectivity index (χ1v) is 10.7. The Bertz CT molecular complexity index is 999. The molecule has 1 aliphatic heterocycles. The molecule has 0 saturated carbocycles. The smallest absolute Gasteiger partial charge is 0.222 e. The number of hydrogen-bond donors (Lipinski definition) is 2. The van der Waals surface area contributed by atoms with E-state index in [1.807, 2.05) is 23.1 Å². The maximum Gasteiger partial charge on any atom is 0.222 e. The summed E-state index contributed by atoms with van der Waals surface area (Å²) in [5.41, 5.74) is 2.76. The van der Waals surface area contributed by atoms with Crippen LogP contribution in [0.15, 0.2) is 36.7 Å². The van der Waals surface area contributed by atoms with Gasteiger partial charge in [0.15, 0.2) is 17.0 Å². The lowest BCUT2D eigenvalue weighted by molar-refractivity contribution is -0.127. The van der Waals surface area contributed by atoms with E-state index in [9.17, 15) is 4.79 Å². The van der Waals surface area contributed by atoms with E-state index < -0.39 is 0 Å². The monoisotopic (exact) mass is 407 g/mol. The molecule has 2 aromatic heterocycles. The van der Waals surface area contributed by atoms with Crippen molar-refractivity contribution in [3.8, 4) is 0 Å². The van der Waals surface area contributed by atoms with Crippen LogP contribution in [0.25, 0.3) is 11.2 Å². The molecule has 0 unspecified atom stereocenters. The lowest BCUT2D eigenvalue weighted by atomic mass is 10.2. The summed E-state index contributed by atoms with van der Waals surface area (Å²) in [5, 5.41) is 6.84. The Morgan fingerprint density at radius 2 is 1.97 bits per heavy atom. The second-order valence-electron chi connectivity index (χ2n) is 7.90. The molecule has 1 fully saturated rings. The first-order valence-electron chi connectivity index (χ1n) is 10.7. The number of imidazole rings is 1. The lowest BCUT2D eigenvalue weighted by Gasteiger charge is -2.16. The fourth-order valence-electron chi connectivity index (χ4n) is 3.84. The number of nitrogens with one attached hydrogen (secondary N) is 2. The molecule has 4 rings (SSSR count). The second-order valence-corrected chi connectivity index (χ2v) is 7.90. The summed E-state index contributed by atoms with van der Waals surface area (Å²) >= 11 is 0. The SMILES string of the molecule is CC(C)n1c(NCCCN2CCCC2=O)nc2c(NCc3ccccc3)ncnc21. The minimum absolute atomic E-state index is 0.203. The van der Waals surface area contributed by atoms with Crippen LogP contribution in [0.1, 0.15) is 44.7 Å². The van der Waals surface area contributed by atoms with Crippen molar-refractivity contribution in [1.82, 2.24) is 24.4 Å². The van der Waals surface area contributed by atoms with Crippen LogP contribution in [0.3, 0.4) is 0 Å². The molecule has 3 heterocycles. The Kier molecular flexibility index (Phi) is 6.11. The Morgan fingerprint density at radius 1 is 1.13 bits per heavy atom. The molecule has 30 heavy (non-hydrogen) atoms. The van der Waals surface area contributed by atoms with Crippen LogP contribution in [0.4, 0.5) is 11.8 Å². The van der Waals surface area contributed by atoms with Gasteiger partial charge in [0, 0.05) is 38.6 Å². The standard InChI is InChI=1S/C22H29N7O/c1-16(2)29-21-19(20(25-15-26-21)24-14-17-8-4-3-5-9-17)27-22(29)23-11-7-13-28-12-6-10-18(28)30/h3-5,8-9,15-16H,6-7,10-14H2,1-2H3,(H,23,27)(H,24,25,26). The zero-order valence-electron chi connectivity index (χ0n) is 17.6. The highest BCUT2D eigenvalue weighted by atomic mass is 16.2. The lowest BCUT2D eigenvalue weighted by Crippen LogP contribution is -2.27. The van der Waals surface area contributed by atoms with Crippen molar-refractivity contribution >= 4 is 28.8 Å². The average Bonchev–Trinajstić information content (AvgIpc) is 3.33. The number of rotatable bonds is 9. The summed E-state index contributed by atoms with van der Waals surface area (Å²) in [7, 11) is 0. The molecule has 1 aliphatic rings. The molecule has 0 aliphatic carbocycles. The van der Waals surface area contributed by atoms with Crippen LogP contribution in [0, 0.1) is 0 Å². The molecule has 0 radical (unpaired) electrons. The minimum atomic E-state index is 0.203. The number of aromatic nitrogens is 4. The van der Waals surface area contributed by atoms with E-state index in [0.717, 1.165) is 55.4 Å². The summed E-state index contributed by atoms with van der Waals surface area (Å²) in [5.74, 6) is 1.79. The molecule has 1 aromatic carbocycles. The Morgan fingerprint density at radius 3 is 2.70 bits per heavy atom. The predicted molar refractivity (Wildman–Crippen MR) is 118 cm³/mol. The number of benzene rings is 1. The van der Waals surface area contributed by atoms with Crippen molar-refractivity contribution < 1.29 is 4.79 Å². The first-order chi connectivity index (χ1) is 14.6. The maximum absolute atomic E-state index is 11.8. The second kappa shape index (κ2) is 9.11. The maximum atomic E-state index is 11.8. The fourth-order valence-corrected chi connectivity index (χ4v) is 3.84. The normalized spacial score (nSPS) is 14.1. The number of anilines is 2. The van der Waals surface area contributed by atoms with E-state index in [1.165, 1.54) is 5.56 Å². The topological polar surface area (TPSA) is 88.0 Å². The van der Waals surface area contributed by atoms with Gasteiger partial charge in [-0.3, -0.25) is 9.36 Å². The third-order valence-electron chi connectivity index (χ3n) is 5.36. The van der Waals surface area contributed by atoms with Crippen LogP contribution in [-0.2, 0) is 11.3 Å². The molecular formula is C22H29N7O. The average molecular weight is 408 g/mol. The van der Waals surface area contributed by atoms with Crippen molar-refractivity contribution in [1.29, 1.82) is 0 Å². The van der Waals surface area contributed by atoms with E-state index in [-0.39, 0.29) is 11.9 Å². The highest BCUT2D eigenvalue weighted by Crippen LogP contribution is 2.26. The summed E-state index contributed by atoms with van der Waals surface area (Å²) in [6.07, 6.45) is 4.14. The Balaban J connectivity index is 1.48.